The molecule has 7 heteroatoms. The second-order valence-corrected chi connectivity index (χ2v) is 5.04. The zero-order chi connectivity index (χ0) is 17.4. The minimum absolute atomic E-state index is 0.111. The summed E-state index contributed by atoms with van der Waals surface area (Å²) in [5.74, 6) is -0.111. The highest BCUT2D eigenvalue weighted by Crippen LogP contribution is 2.27. The van der Waals surface area contributed by atoms with Crippen LogP contribution in [-0.4, -0.2) is 15.8 Å². The normalized spacial score (nSPS) is 9.54. The molecule has 24 heavy (non-hydrogen) atoms. The van der Waals surface area contributed by atoms with Crippen LogP contribution < -0.4 is 5.73 Å². The van der Waals surface area contributed by atoms with Crippen molar-refractivity contribution in [2.75, 3.05) is 5.73 Å². The maximum atomic E-state index is 7.06. The number of nitrogens with two attached hydrogens (primary N) is 1. The molecule has 1 aromatic carbocycles. The number of aromatic nitrogens is 2. The number of benzene rings is 1. The van der Waals surface area contributed by atoms with Gasteiger partial charge in [0.1, 0.15) is 5.69 Å². The first-order valence-corrected chi connectivity index (χ1v) is 7.33. The van der Waals surface area contributed by atoms with Gasteiger partial charge in [-0.25, -0.2) is 5.53 Å². The second-order valence-electron chi connectivity index (χ2n) is 4.63. The van der Waals surface area contributed by atoms with Gasteiger partial charge >= 0.3 is 0 Å². The minimum atomic E-state index is -0.111. The van der Waals surface area contributed by atoms with Gasteiger partial charge in [0, 0.05) is 23.6 Å². The summed E-state index contributed by atoms with van der Waals surface area (Å²) in [6.45, 7) is 0. The molecule has 6 nitrogen and oxygen atoms in total. The first-order chi connectivity index (χ1) is 11.6. The molecule has 0 aliphatic heterocycles. The summed E-state index contributed by atoms with van der Waals surface area (Å²) in [4.78, 5) is 8.03. The Balaban J connectivity index is 0.000000185. The van der Waals surface area contributed by atoms with E-state index in [1.54, 1.807) is 36.7 Å². The number of rotatable bonds is 2. The molecule has 0 unspecified atom stereocenters. The Morgan fingerprint density at radius 2 is 1.71 bits per heavy atom. The summed E-state index contributed by atoms with van der Waals surface area (Å²) in [6, 6.07) is 16.3. The van der Waals surface area contributed by atoms with Crippen molar-refractivity contribution < 1.29 is 0 Å². The highest BCUT2D eigenvalue weighted by molar-refractivity contribution is 6.33. The smallest absolute Gasteiger partial charge is 0.192 e. The molecule has 0 aliphatic carbocycles. The van der Waals surface area contributed by atoms with Crippen LogP contribution in [-0.2, 0) is 0 Å². The summed E-state index contributed by atoms with van der Waals surface area (Å²) in [5.41, 5.74) is 15.0. The highest BCUT2D eigenvalue weighted by Gasteiger charge is 2.03. The van der Waals surface area contributed by atoms with Gasteiger partial charge in [-0.15, -0.1) is 5.11 Å². The summed E-state index contributed by atoms with van der Waals surface area (Å²) < 4.78 is 0. The highest BCUT2D eigenvalue weighted by atomic mass is 35.5. The van der Waals surface area contributed by atoms with Gasteiger partial charge in [-0.2, -0.15) is 0 Å². The Bertz CT molecular complexity index is 821. The van der Waals surface area contributed by atoms with Gasteiger partial charge in [0.2, 0.25) is 0 Å². The van der Waals surface area contributed by atoms with Crippen LogP contribution in [0.4, 0.5) is 5.69 Å². The summed E-state index contributed by atoms with van der Waals surface area (Å²) in [7, 11) is 0. The van der Waals surface area contributed by atoms with Gasteiger partial charge in [-0.1, -0.05) is 23.7 Å². The van der Waals surface area contributed by atoms with E-state index < -0.39 is 0 Å². The first kappa shape index (κ1) is 17.2. The number of anilines is 1. The third kappa shape index (κ3) is 4.69. The lowest BCUT2D eigenvalue weighted by Gasteiger charge is -2.03. The number of halogens is 1. The molecule has 0 fully saturated rings. The van der Waals surface area contributed by atoms with Gasteiger partial charge in [0.15, 0.2) is 5.84 Å². The van der Waals surface area contributed by atoms with E-state index in [0.717, 1.165) is 11.3 Å². The van der Waals surface area contributed by atoms with Crippen LogP contribution in [0.5, 0.6) is 0 Å². The van der Waals surface area contributed by atoms with Crippen molar-refractivity contribution >= 4 is 23.1 Å². The van der Waals surface area contributed by atoms with Crippen LogP contribution >= 0.6 is 11.6 Å². The van der Waals surface area contributed by atoms with Gasteiger partial charge in [-0.05, 0) is 42.5 Å². The van der Waals surface area contributed by atoms with E-state index in [1.807, 2.05) is 30.3 Å². The zero-order valence-corrected chi connectivity index (χ0v) is 13.4. The first-order valence-electron chi connectivity index (χ1n) is 6.95. The van der Waals surface area contributed by atoms with Crippen molar-refractivity contribution in [1.82, 2.24) is 9.97 Å². The number of pyridine rings is 2. The Kier molecular flexibility index (Phi) is 6.10. The molecule has 3 rings (SSSR count). The number of nitrogens with zero attached hydrogens (tertiary/aromatic N) is 3. The summed E-state index contributed by atoms with van der Waals surface area (Å²) in [6.07, 6.45) is 3.30. The van der Waals surface area contributed by atoms with Gasteiger partial charge in [-0.3, -0.25) is 15.4 Å². The Morgan fingerprint density at radius 1 is 1.00 bits per heavy atom. The molecule has 0 saturated carbocycles. The van der Waals surface area contributed by atoms with Crippen LogP contribution in [0, 0.1) is 10.9 Å². The van der Waals surface area contributed by atoms with E-state index in [9.17, 15) is 0 Å². The van der Waals surface area contributed by atoms with E-state index in [2.05, 4.69) is 15.1 Å². The average Bonchev–Trinajstić information content (AvgIpc) is 2.63. The number of hydrogen-bond donors (Lipinski definition) is 3. The van der Waals surface area contributed by atoms with Crippen LogP contribution in [0.3, 0.4) is 0 Å². The molecule has 120 valence electrons. The number of nitrogen functional groups attached to an aromatic ring is 1. The van der Waals surface area contributed by atoms with Crippen LogP contribution in [0.25, 0.3) is 11.3 Å². The van der Waals surface area contributed by atoms with Crippen molar-refractivity contribution in [3.63, 3.8) is 0 Å². The Hall–Kier alpha value is -3.12. The molecule has 0 aliphatic rings. The lowest BCUT2D eigenvalue weighted by Crippen LogP contribution is -1.95. The van der Waals surface area contributed by atoms with Crippen LogP contribution in [0.1, 0.15) is 5.69 Å². The Morgan fingerprint density at radius 3 is 2.25 bits per heavy atom. The maximum Gasteiger partial charge on any atom is 0.192 e. The number of hydrogen-bond acceptors (Lipinski definition) is 5. The molecule has 0 spiro atoms. The van der Waals surface area contributed by atoms with Gasteiger partial charge < -0.3 is 5.73 Å². The predicted molar refractivity (Wildman–Crippen MR) is 95.3 cm³/mol. The maximum absolute atomic E-state index is 7.06. The fourth-order valence-electron chi connectivity index (χ4n) is 1.82. The summed E-state index contributed by atoms with van der Waals surface area (Å²) in [5, 5.41) is 10.6. The molecule has 3 aromatic rings. The second kappa shape index (κ2) is 8.50. The minimum Gasteiger partial charge on any atom is -0.399 e. The molecule has 0 atom stereocenters. The number of nitrogens with one attached hydrogen (secondary N) is 2. The topological polar surface area (TPSA) is 112 Å². The zero-order valence-electron chi connectivity index (χ0n) is 12.6. The molecular formula is C17H15ClN6. The fourth-order valence-corrected chi connectivity index (χ4v) is 2.11. The van der Waals surface area contributed by atoms with Crippen LogP contribution in [0.15, 0.2) is 72.1 Å². The van der Waals surface area contributed by atoms with Gasteiger partial charge in [0.05, 0.1) is 10.7 Å². The average molecular weight is 339 g/mol. The molecule has 0 radical (unpaired) electrons. The predicted octanol–water partition coefficient (Wildman–Crippen LogP) is 4.42. The van der Waals surface area contributed by atoms with E-state index >= 15 is 0 Å². The van der Waals surface area contributed by atoms with Gasteiger partial charge in [0.25, 0.3) is 0 Å². The third-order valence-corrected chi connectivity index (χ3v) is 3.27. The van der Waals surface area contributed by atoms with Crippen LogP contribution in [0.2, 0.25) is 5.02 Å². The molecule has 0 amide bonds. The molecule has 4 N–H and O–H groups in total. The monoisotopic (exact) mass is 338 g/mol. The van der Waals surface area contributed by atoms with Crippen molar-refractivity contribution in [2.24, 2.45) is 5.11 Å². The largest absolute Gasteiger partial charge is 0.399 e. The molecule has 2 aromatic heterocycles. The lowest BCUT2D eigenvalue weighted by molar-refractivity contribution is 1.14. The number of amidine groups is 1. The molecular weight excluding hydrogens is 324 g/mol. The van der Waals surface area contributed by atoms with E-state index in [1.165, 1.54) is 0 Å². The van der Waals surface area contributed by atoms with Crippen molar-refractivity contribution in [3.05, 3.63) is 77.7 Å². The van der Waals surface area contributed by atoms with E-state index in [4.69, 9.17) is 28.3 Å². The van der Waals surface area contributed by atoms with Crippen molar-refractivity contribution in [2.45, 2.75) is 0 Å². The third-order valence-electron chi connectivity index (χ3n) is 2.95. The Labute approximate surface area is 144 Å². The van der Waals surface area contributed by atoms with E-state index in [0.29, 0.717) is 16.4 Å². The molecule has 2 heterocycles. The lowest BCUT2D eigenvalue weighted by atomic mass is 10.1. The molecule has 0 saturated heterocycles. The fraction of sp³-hybridized carbons (Fsp3) is 0. The van der Waals surface area contributed by atoms with Crippen molar-refractivity contribution in [1.29, 1.82) is 10.9 Å². The SMILES string of the molecule is N=NC(=N)c1ccccn1.Nc1ccc(-c2ccccn2)c(Cl)c1. The summed E-state index contributed by atoms with van der Waals surface area (Å²) >= 11 is 6.04. The molecule has 0 bridgehead atoms. The van der Waals surface area contributed by atoms with Crippen molar-refractivity contribution in [3.8, 4) is 11.3 Å². The van der Waals surface area contributed by atoms with E-state index in [-0.39, 0.29) is 5.84 Å². The standard InChI is InChI=1S/C11H9ClN2.C6H6N4/c12-10-7-8(13)4-5-9(10)11-3-1-2-6-14-11;7-6(10-8)5-3-1-2-4-9-5/h1-7H,13H2;1-4,7-8H. The quantitative estimate of drug-likeness (QED) is 0.278.